The zero-order valence-corrected chi connectivity index (χ0v) is 9.68. The molecule has 0 saturated heterocycles. The standard InChI is InChI=1S/C5H13N3.2BrH/c1-8(2)5(7)3-4-6;;/h7H,3-4,6H2,1-2H3;2*1H. The Kier molecular flexibility index (Phi) is 15.8. The molecule has 0 rings (SSSR count). The van der Waals surface area contributed by atoms with Crippen LogP contribution in [0.15, 0.2) is 0 Å². The van der Waals surface area contributed by atoms with Crippen molar-refractivity contribution in [3.8, 4) is 0 Å². The number of nitrogens with one attached hydrogen (secondary N) is 1. The average molecular weight is 277 g/mol. The summed E-state index contributed by atoms with van der Waals surface area (Å²) in [6, 6.07) is 0. The number of hydrogen-bond donors (Lipinski definition) is 2. The summed E-state index contributed by atoms with van der Waals surface area (Å²) in [6.07, 6.45) is 0.674. The maximum atomic E-state index is 7.19. The second-order valence-electron chi connectivity index (χ2n) is 1.88. The molecule has 0 fully saturated rings. The summed E-state index contributed by atoms with van der Waals surface area (Å²) in [6.45, 7) is 0.566. The first-order valence-electron chi connectivity index (χ1n) is 2.63. The molecule has 0 saturated carbocycles. The van der Waals surface area contributed by atoms with Crippen molar-refractivity contribution in [3.05, 3.63) is 0 Å². The van der Waals surface area contributed by atoms with Gasteiger partial charge < -0.3 is 10.6 Å². The van der Waals surface area contributed by atoms with Gasteiger partial charge in [-0.25, -0.2) is 0 Å². The molecule has 0 aliphatic heterocycles. The Morgan fingerprint density at radius 3 is 1.90 bits per heavy atom. The number of nitrogens with two attached hydrogens (primary N) is 1. The van der Waals surface area contributed by atoms with Gasteiger partial charge in [-0.2, -0.15) is 0 Å². The van der Waals surface area contributed by atoms with Crippen LogP contribution >= 0.6 is 34.0 Å². The van der Waals surface area contributed by atoms with E-state index < -0.39 is 0 Å². The van der Waals surface area contributed by atoms with Crippen molar-refractivity contribution in [1.82, 2.24) is 4.90 Å². The first-order chi connectivity index (χ1) is 3.68. The van der Waals surface area contributed by atoms with Crippen LogP contribution < -0.4 is 5.73 Å². The summed E-state index contributed by atoms with van der Waals surface area (Å²) in [5.74, 6) is 0.590. The molecular weight excluding hydrogens is 262 g/mol. The molecule has 0 unspecified atom stereocenters. The summed E-state index contributed by atoms with van der Waals surface area (Å²) < 4.78 is 0. The highest BCUT2D eigenvalue weighted by Crippen LogP contribution is 1.82. The molecule has 0 amide bonds. The van der Waals surface area contributed by atoms with Gasteiger partial charge in [0.1, 0.15) is 0 Å². The largest absolute Gasteiger partial charge is 0.367 e. The van der Waals surface area contributed by atoms with Crippen molar-refractivity contribution >= 4 is 39.8 Å². The zero-order valence-electron chi connectivity index (χ0n) is 6.26. The van der Waals surface area contributed by atoms with E-state index in [4.69, 9.17) is 11.1 Å². The SMILES string of the molecule is Br.Br.CN(C)C(=N)CCN. The Labute approximate surface area is 83.0 Å². The summed E-state index contributed by atoms with van der Waals surface area (Å²) in [4.78, 5) is 1.76. The van der Waals surface area contributed by atoms with E-state index >= 15 is 0 Å². The summed E-state index contributed by atoms with van der Waals surface area (Å²) in [5.41, 5.74) is 5.20. The van der Waals surface area contributed by atoms with Crippen LogP contribution in [0.3, 0.4) is 0 Å². The third kappa shape index (κ3) is 8.39. The molecule has 0 heterocycles. The lowest BCUT2D eigenvalue weighted by Gasteiger charge is -2.11. The Morgan fingerprint density at radius 1 is 1.40 bits per heavy atom. The minimum atomic E-state index is 0. The lowest BCUT2D eigenvalue weighted by molar-refractivity contribution is 0.598. The minimum Gasteiger partial charge on any atom is -0.367 e. The van der Waals surface area contributed by atoms with E-state index in [2.05, 4.69) is 0 Å². The quantitative estimate of drug-likeness (QED) is 0.585. The lowest BCUT2D eigenvalue weighted by atomic mass is 10.4. The number of hydrogen-bond acceptors (Lipinski definition) is 2. The van der Waals surface area contributed by atoms with Gasteiger partial charge in [0, 0.05) is 20.5 Å². The highest BCUT2D eigenvalue weighted by molar-refractivity contribution is 8.93. The lowest BCUT2D eigenvalue weighted by Crippen LogP contribution is -2.23. The van der Waals surface area contributed by atoms with Crippen molar-refractivity contribution < 1.29 is 0 Å². The average Bonchev–Trinajstić information content (AvgIpc) is 1.67. The molecule has 0 aliphatic rings. The van der Waals surface area contributed by atoms with E-state index in [0.29, 0.717) is 18.8 Å². The summed E-state index contributed by atoms with van der Waals surface area (Å²) in [7, 11) is 3.69. The molecule has 3 N–H and O–H groups in total. The molecule has 64 valence electrons. The summed E-state index contributed by atoms with van der Waals surface area (Å²) in [5, 5.41) is 7.19. The molecule has 0 aromatic rings. The highest BCUT2D eigenvalue weighted by Gasteiger charge is 1.93. The fourth-order valence-corrected chi connectivity index (χ4v) is 0.360. The van der Waals surface area contributed by atoms with Crippen molar-refractivity contribution in [2.45, 2.75) is 6.42 Å². The van der Waals surface area contributed by atoms with Gasteiger partial charge >= 0.3 is 0 Å². The fraction of sp³-hybridized carbons (Fsp3) is 0.800. The van der Waals surface area contributed by atoms with E-state index in [-0.39, 0.29) is 34.0 Å². The Bertz CT molecular complexity index is 85.0. The highest BCUT2D eigenvalue weighted by atomic mass is 79.9. The molecule has 0 aromatic carbocycles. The van der Waals surface area contributed by atoms with E-state index in [1.165, 1.54) is 0 Å². The zero-order chi connectivity index (χ0) is 6.57. The molecule has 0 radical (unpaired) electrons. The van der Waals surface area contributed by atoms with Crippen molar-refractivity contribution in [2.75, 3.05) is 20.6 Å². The summed E-state index contributed by atoms with van der Waals surface area (Å²) >= 11 is 0. The monoisotopic (exact) mass is 275 g/mol. The van der Waals surface area contributed by atoms with E-state index in [9.17, 15) is 0 Å². The van der Waals surface area contributed by atoms with Gasteiger partial charge in [0.15, 0.2) is 0 Å². The normalized spacial score (nSPS) is 7.10. The van der Waals surface area contributed by atoms with E-state index in [1.807, 2.05) is 14.1 Å². The maximum absolute atomic E-state index is 7.19. The predicted octanol–water partition coefficient (Wildman–Crippen LogP) is 1.03. The van der Waals surface area contributed by atoms with Crippen LogP contribution in [-0.4, -0.2) is 31.4 Å². The first-order valence-corrected chi connectivity index (χ1v) is 2.63. The number of halogens is 2. The first kappa shape index (κ1) is 16.8. The van der Waals surface area contributed by atoms with Crippen LogP contribution in [0.5, 0.6) is 0 Å². The van der Waals surface area contributed by atoms with Crippen molar-refractivity contribution in [1.29, 1.82) is 5.41 Å². The van der Waals surface area contributed by atoms with Gasteiger partial charge in [0.25, 0.3) is 0 Å². The minimum absolute atomic E-state index is 0. The van der Waals surface area contributed by atoms with Crippen LogP contribution in [-0.2, 0) is 0 Å². The van der Waals surface area contributed by atoms with E-state index in [0.717, 1.165) is 0 Å². The molecule has 5 heteroatoms. The Morgan fingerprint density at radius 2 is 1.80 bits per heavy atom. The molecule has 0 bridgehead atoms. The second-order valence-corrected chi connectivity index (χ2v) is 1.88. The predicted molar refractivity (Wildman–Crippen MR) is 55.7 cm³/mol. The van der Waals surface area contributed by atoms with Gasteiger partial charge in [-0.05, 0) is 6.54 Å². The number of amidine groups is 1. The molecule has 0 spiro atoms. The molecular formula is C5H15Br2N3. The van der Waals surface area contributed by atoms with Gasteiger partial charge in [-0.3, -0.25) is 5.41 Å². The molecule has 10 heavy (non-hydrogen) atoms. The molecule has 0 aliphatic carbocycles. The number of rotatable bonds is 2. The van der Waals surface area contributed by atoms with E-state index in [1.54, 1.807) is 4.90 Å². The van der Waals surface area contributed by atoms with Crippen LogP contribution in [0.2, 0.25) is 0 Å². The van der Waals surface area contributed by atoms with Crippen LogP contribution in [0.4, 0.5) is 0 Å². The molecule has 0 aromatic heterocycles. The Balaban J connectivity index is -0.000000245. The van der Waals surface area contributed by atoms with Crippen LogP contribution in [0.25, 0.3) is 0 Å². The maximum Gasteiger partial charge on any atom is 0.0965 e. The second kappa shape index (κ2) is 9.39. The van der Waals surface area contributed by atoms with Crippen LogP contribution in [0.1, 0.15) is 6.42 Å². The van der Waals surface area contributed by atoms with Gasteiger partial charge in [-0.1, -0.05) is 0 Å². The smallest absolute Gasteiger partial charge is 0.0965 e. The molecule has 3 nitrogen and oxygen atoms in total. The third-order valence-corrected chi connectivity index (χ3v) is 0.921. The van der Waals surface area contributed by atoms with Crippen molar-refractivity contribution in [2.24, 2.45) is 5.73 Å². The number of nitrogens with zero attached hydrogens (tertiary/aromatic N) is 1. The van der Waals surface area contributed by atoms with Gasteiger partial charge in [-0.15, -0.1) is 34.0 Å². The fourth-order valence-electron chi connectivity index (χ4n) is 0.360. The topological polar surface area (TPSA) is 53.1 Å². The third-order valence-electron chi connectivity index (χ3n) is 0.921. The van der Waals surface area contributed by atoms with Gasteiger partial charge in [0.2, 0.25) is 0 Å². The Hall–Kier alpha value is 0.390. The van der Waals surface area contributed by atoms with Crippen molar-refractivity contribution in [3.63, 3.8) is 0 Å². The molecule has 0 atom stereocenters. The van der Waals surface area contributed by atoms with Crippen LogP contribution in [0, 0.1) is 5.41 Å². The van der Waals surface area contributed by atoms with Gasteiger partial charge in [0.05, 0.1) is 5.84 Å².